The van der Waals surface area contributed by atoms with Gasteiger partial charge >= 0.3 is 0 Å². The number of hydrogen-bond donors (Lipinski definition) is 2. The Bertz CT molecular complexity index is 1620. The fraction of sp³-hybridized carbons (Fsp3) is 0.605. The molecule has 0 bridgehead atoms. The Balaban J connectivity index is 1.55. The Kier molecular flexibility index (Phi) is 11.2. The minimum absolute atomic E-state index is 0.0576. The second kappa shape index (κ2) is 14.9. The molecule has 2 aliphatic carbocycles. The van der Waals surface area contributed by atoms with Gasteiger partial charge in [0.05, 0.1) is 5.54 Å². The summed E-state index contributed by atoms with van der Waals surface area (Å²) in [6, 6.07) is 7.68. The predicted molar refractivity (Wildman–Crippen MR) is 182 cm³/mol. The molecule has 3 N–H and O–H groups in total. The van der Waals surface area contributed by atoms with Crippen LogP contribution in [0.1, 0.15) is 139 Å². The molecule has 2 fully saturated rings. The number of unbranched alkanes of at least 4 members (excludes halogenated alkanes) is 4. The van der Waals surface area contributed by atoms with Crippen molar-refractivity contribution in [1.29, 1.82) is 0 Å². The Morgan fingerprint density at radius 1 is 0.918 bits per heavy atom. The lowest BCUT2D eigenvalue weighted by atomic mass is 9.75. The van der Waals surface area contributed by atoms with Gasteiger partial charge in [-0.25, -0.2) is 19.9 Å². The topological polar surface area (TPSA) is 111 Å². The van der Waals surface area contributed by atoms with E-state index in [0.29, 0.717) is 24.5 Å². The van der Waals surface area contributed by atoms with Gasteiger partial charge in [-0.15, -0.1) is 0 Å². The van der Waals surface area contributed by atoms with Gasteiger partial charge in [0.1, 0.15) is 22.9 Å². The van der Waals surface area contributed by atoms with Gasteiger partial charge < -0.3 is 10.8 Å². The number of hydrogen-bond acceptors (Lipinski definition) is 7. The lowest BCUT2D eigenvalue weighted by Gasteiger charge is -2.34. The fourth-order valence-corrected chi connectivity index (χ4v) is 7.74. The number of nitrogens with zero attached hydrogens (tertiary/aromatic N) is 5. The maximum atomic E-state index is 14.4. The first-order valence-electron chi connectivity index (χ1n) is 17.7. The van der Waals surface area contributed by atoms with Crippen molar-refractivity contribution in [2.75, 3.05) is 6.61 Å². The van der Waals surface area contributed by atoms with Crippen LogP contribution >= 0.6 is 0 Å². The lowest BCUT2D eigenvalue weighted by molar-refractivity contribution is 0.0121. The lowest BCUT2D eigenvalue weighted by Crippen LogP contribution is -2.43. The highest BCUT2D eigenvalue weighted by Crippen LogP contribution is 2.51. The van der Waals surface area contributed by atoms with E-state index in [0.717, 1.165) is 83.6 Å². The van der Waals surface area contributed by atoms with E-state index in [2.05, 4.69) is 23.0 Å². The van der Waals surface area contributed by atoms with E-state index in [9.17, 15) is 17.6 Å². The summed E-state index contributed by atoms with van der Waals surface area (Å²) in [6.07, 6.45) is 14.1. The number of aliphatic hydroxyl groups is 1. The van der Waals surface area contributed by atoms with Crippen molar-refractivity contribution in [3.63, 3.8) is 0 Å². The van der Waals surface area contributed by atoms with Crippen LogP contribution in [0.15, 0.2) is 48.2 Å². The van der Waals surface area contributed by atoms with Crippen molar-refractivity contribution < 1.29 is 22.7 Å². The van der Waals surface area contributed by atoms with E-state index >= 15 is 0 Å². The average molecular weight is 683 g/mol. The van der Waals surface area contributed by atoms with Gasteiger partial charge in [-0.3, -0.25) is 4.98 Å². The number of pyridine rings is 2. The molecule has 7 nitrogen and oxygen atoms in total. The Morgan fingerprint density at radius 2 is 1.63 bits per heavy atom. The Hall–Kier alpha value is -3.31. The summed E-state index contributed by atoms with van der Waals surface area (Å²) in [4.78, 5) is 23.1. The van der Waals surface area contributed by atoms with Crippen molar-refractivity contribution in [2.45, 2.75) is 133 Å². The van der Waals surface area contributed by atoms with Gasteiger partial charge in [-0.1, -0.05) is 50.3 Å². The van der Waals surface area contributed by atoms with Gasteiger partial charge in [0.2, 0.25) is 0 Å². The summed E-state index contributed by atoms with van der Waals surface area (Å²) < 4.78 is 57.5. The van der Waals surface area contributed by atoms with Crippen LogP contribution in [0.3, 0.4) is 0 Å². The van der Waals surface area contributed by atoms with Crippen LogP contribution in [0, 0.1) is 5.92 Å². The Morgan fingerprint density at radius 3 is 2.37 bits per heavy atom. The maximum Gasteiger partial charge on any atom is 0.286 e. The number of aromatic nitrogens is 5. The van der Waals surface area contributed by atoms with Crippen molar-refractivity contribution in [1.82, 2.24) is 24.9 Å². The van der Waals surface area contributed by atoms with Gasteiger partial charge in [-0.05, 0) is 100.0 Å². The monoisotopic (exact) mass is 682 g/mol. The zero-order valence-electron chi connectivity index (χ0n) is 29.2. The molecule has 0 aliphatic heterocycles. The largest absolute Gasteiger partial charge is 0.396 e. The molecule has 5 rings (SSSR count). The highest BCUT2D eigenvalue weighted by atomic mass is 19.3. The van der Waals surface area contributed by atoms with Crippen molar-refractivity contribution in [3.05, 3.63) is 76.8 Å². The normalized spacial score (nSPS) is 24.9. The third-order valence-corrected chi connectivity index (χ3v) is 10.6. The van der Waals surface area contributed by atoms with E-state index in [1.807, 2.05) is 6.92 Å². The zero-order valence-corrected chi connectivity index (χ0v) is 29.2. The van der Waals surface area contributed by atoms with E-state index in [4.69, 9.17) is 25.8 Å². The van der Waals surface area contributed by atoms with Crippen LogP contribution in [0.4, 0.5) is 17.6 Å². The smallest absolute Gasteiger partial charge is 0.286 e. The first-order valence-corrected chi connectivity index (χ1v) is 17.7. The van der Waals surface area contributed by atoms with E-state index in [-0.39, 0.29) is 41.3 Å². The number of allylic oxidation sites excluding steroid dienone is 2. The first-order chi connectivity index (χ1) is 23.1. The quantitative estimate of drug-likeness (QED) is 0.0992. The first kappa shape index (κ1) is 37.0. The molecule has 2 aliphatic rings. The summed E-state index contributed by atoms with van der Waals surface area (Å²) in [7, 11) is 0. The maximum absolute atomic E-state index is 14.4. The number of alkyl halides is 4. The third kappa shape index (κ3) is 8.36. The molecule has 266 valence electrons. The van der Waals surface area contributed by atoms with Crippen LogP contribution in [0.2, 0.25) is 0 Å². The zero-order chi connectivity index (χ0) is 35.5. The van der Waals surface area contributed by atoms with Gasteiger partial charge in [0.25, 0.3) is 11.8 Å². The van der Waals surface area contributed by atoms with E-state index < -0.39 is 22.8 Å². The molecule has 0 saturated heterocycles. The van der Waals surface area contributed by atoms with Crippen molar-refractivity contribution in [2.24, 2.45) is 11.7 Å². The van der Waals surface area contributed by atoms with Gasteiger partial charge in [0, 0.05) is 32.1 Å². The van der Waals surface area contributed by atoms with Crippen LogP contribution in [-0.2, 0) is 22.8 Å². The molecule has 0 aromatic carbocycles. The molecule has 11 heteroatoms. The second-order valence-electron chi connectivity index (χ2n) is 14.6. The van der Waals surface area contributed by atoms with E-state index in [1.54, 1.807) is 12.1 Å². The van der Waals surface area contributed by atoms with Crippen molar-refractivity contribution in [3.8, 4) is 11.5 Å². The number of nitrogens with two attached hydrogens (primary N) is 1. The average Bonchev–Trinajstić information content (AvgIpc) is 3.65. The molecule has 4 atom stereocenters. The molecular weight excluding hydrogens is 632 g/mol. The summed E-state index contributed by atoms with van der Waals surface area (Å²) >= 11 is 0. The molecule has 3 heterocycles. The molecule has 2 saturated carbocycles. The second-order valence-corrected chi connectivity index (χ2v) is 14.6. The molecule has 0 radical (unpaired) electrons. The standard InChI is InChI=1S/C38H50F4N6O/c1-25(13-8-6-5-7-9-22-49)23-27-14-11-20-38(27,43)34-47-32(29-16-10-17-30(45-29)36(3,39)40)46-33(48-34)35(2)19-12-15-28(35)26-18-21-44-31(24-26)37(4,41)42/h10,13,16-18,21,24,27-28,49H,5-9,11-12,14-15,19-20,22-23,43H2,1-4H3. The number of aliphatic hydroxyl groups excluding tert-OH is 1. The highest BCUT2D eigenvalue weighted by molar-refractivity contribution is 5.50. The molecule has 0 amide bonds. The van der Waals surface area contributed by atoms with Crippen LogP contribution in [0.25, 0.3) is 11.5 Å². The van der Waals surface area contributed by atoms with E-state index in [1.165, 1.54) is 30.0 Å². The summed E-state index contributed by atoms with van der Waals surface area (Å²) in [5, 5.41) is 9.04. The van der Waals surface area contributed by atoms with Crippen molar-refractivity contribution >= 4 is 0 Å². The molecule has 3 aromatic rings. The molecule has 4 unspecified atom stereocenters. The summed E-state index contributed by atoms with van der Waals surface area (Å²) in [6.45, 7) is 6.05. The molecule has 49 heavy (non-hydrogen) atoms. The summed E-state index contributed by atoms with van der Waals surface area (Å²) in [5.41, 5.74) is 7.28. The third-order valence-electron chi connectivity index (χ3n) is 10.6. The molecule has 3 aromatic heterocycles. The number of halogens is 4. The Labute approximate surface area is 287 Å². The molecular formula is C38H50F4N6O. The van der Waals surface area contributed by atoms with Crippen LogP contribution in [-0.4, -0.2) is 36.6 Å². The highest BCUT2D eigenvalue weighted by Gasteiger charge is 2.48. The predicted octanol–water partition coefficient (Wildman–Crippen LogP) is 9.01. The van der Waals surface area contributed by atoms with Gasteiger partial charge in [-0.2, -0.15) is 17.6 Å². The summed E-state index contributed by atoms with van der Waals surface area (Å²) in [5.74, 6) is -5.31. The minimum Gasteiger partial charge on any atom is -0.396 e. The number of rotatable bonds is 14. The van der Waals surface area contributed by atoms with Crippen LogP contribution in [0.5, 0.6) is 0 Å². The molecule has 0 spiro atoms. The minimum atomic E-state index is -3.16. The van der Waals surface area contributed by atoms with Gasteiger partial charge in [0.15, 0.2) is 11.6 Å². The fourth-order valence-electron chi connectivity index (χ4n) is 7.74. The SMILES string of the molecule is CC(=CCCCCCCO)CC1CCCC1(N)c1nc(-c2cccc(C(C)(F)F)n2)nc(C2(C)CCCC2c2ccnc(C(C)(F)F)c2)n1. The van der Waals surface area contributed by atoms with Crippen LogP contribution < -0.4 is 5.73 Å².